The van der Waals surface area contributed by atoms with Gasteiger partial charge < -0.3 is 15.0 Å². The number of anilines is 1. The fourth-order valence-electron chi connectivity index (χ4n) is 4.97. The predicted molar refractivity (Wildman–Crippen MR) is 139 cm³/mol. The second-order valence-electron chi connectivity index (χ2n) is 9.30. The van der Waals surface area contributed by atoms with Gasteiger partial charge in [-0.3, -0.25) is 19.0 Å². The quantitative estimate of drug-likeness (QED) is 0.517. The van der Waals surface area contributed by atoms with Crippen LogP contribution in [0.5, 0.6) is 0 Å². The summed E-state index contributed by atoms with van der Waals surface area (Å²) in [6.45, 7) is 5.60. The van der Waals surface area contributed by atoms with Gasteiger partial charge in [0.1, 0.15) is 11.9 Å². The summed E-state index contributed by atoms with van der Waals surface area (Å²) in [5.74, 6) is -0.723. The first-order valence-electron chi connectivity index (χ1n) is 12.2. The Morgan fingerprint density at radius 3 is 2.16 bits per heavy atom. The molecule has 0 unspecified atom stereocenters. The number of likely N-dealkylation sites (tertiary alicyclic amines) is 1. The van der Waals surface area contributed by atoms with E-state index in [2.05, 4.69) is 11.4 Å². The Kier molecular flexibility index (Phi) is 7.44. The van der Waals surface area contributed by atoms with E-state index in [0.29, 0.717) is 37.3 Å². The third kappa shape index (κ3) is 4.98. The van der Waals surface area contributed by atoms with E-state index in [1.807, 2.05) is 79.1 Å². The van der Waals surface area contributed by atoms with Crippen LogP contribution in [0, 0.1) is 25.2 Å². The highest BCUT2D eigenvalue weighted by Crippen LogP contribution is 2.37. The van der Waals surface area contributed by atoms with E-state index in [1.54, 1.807) is 4.90 Å². The molecule has 1 saturated heterocycles. The maximum atomic E-state index is 13.5. The van der Waals surface area contributed by atoms with Gasteiger partial charge in [-0.05, 0) is 49.9 Å². The van der Waals surface area contributed by atoms with Gasteiger partial charge in [-0.25, -0.2) is 0 Å². The van der Waals surface area contributed by atoms with E-state index in [4.69, 9.17) is 4.74 Å². The van der Waals surface area contributed by atoms with E-state index in [-0.39, 0.29) is 5.91 Å². The maximum Gasteiger partial charge on any atom is 0.317 e. The Labute approximate surface area is 216 Å². The van der Waals surface area contributed by atoms with Crippen molar-refractivity contribution in [1.29, 1.82) is 5.26 Å². The Balaban J connectivity index is 1.54. The monoisotopic (exact) mass is 498 g/mol. The lowest BCUT2D eigenvalue weighted by molar-refractivity contribution is -0.156. The van der Waals surface area contributed by atoms with E-state index >= 15 is 0 Å². The minimum absolute atomic E-state index is 0.0327. The summed E-state index contributed by atoms with van der Waals surface area (Å²) >= 11 is 0. The van der Waals surface area contributed by atoms with Gasteiger partial charge in [0, 0.05) is 31.4 Å². The number of ether oxygens (including phenoxy) is 1. The van der Waals surface area contributed by atoms with E-state index in [0.717, 1.165) is 22.5 Å². The fourth-order valence-corrected chi connectivity index (χ4v) is 4.97. The summed E-state index contributed by atoms with van der Waals surface area (Å²) in [6, 6.07) is 21.0. The topological polar surface area (TPSA) is 104 Å². The number of rotatable bonds is 6. The summed E-state index contributed by atoms with van der Waals surface area (Å²) < 4.78 is 7.39. The van der Waals surface area contributed by atoms with Crippen molar-refractivity contribution in [2.24, 2.45) is 0 Å². The molecule has 1 N–H and O–H groups in total. The van der Waals surface area contributed by atoms with Gasteiger partial charge in [0.05, 0.1) is 11.0 Å². The van der Waals surface area contributed by atoms with Crippen LogP contribution in [-0.4, -0.2) is 46.9 Å². The summed E-state index contributed by atoms with van der Waals surface area (Å²) in [5, 5.41) is 12.6. The highest BCUT2D eigenvalue weighted by atomic mass is 16.5. The number of piperidine rings is 1. The summed E-state index contributed by atoms with van der Waals surface area (Å²) in [6.07, 6.45) is 0.815. The average Bonchev–Trinajstić information content (AvgIpc) is 3.16. The van der Waals surface area contributed by atoms with E-state index < -0.39 is 23.9 Å². The largest absolute Gasteiger partial charge is 0.455 e. The molecule has 0 bridgehead atoms. The summed E-state index contributed by atoms with van der Waals surface area (Å²) in [5.41, 5.74) is 2.62. The molecule has 4 rings (SSSR count). The number of esters is 1. The third-order valence-corrected chi connectivity index (χ3v) is 7.21. The average molecular weight is 499 g/mol. The van der Waals surface area contributed by atoms with Crippen molar-refractivity contribution in [1.82, 2.24) is 9.47 Å². The molecule has 0 radical (unpaired) electrons. The zero-order valence-electron chi connectivity index (χ0n) is 21.3. The van der Waals surface area contributed by atoms with Gasteiger partial charge in [0.2, 0.25) is 5.91 Å². The maximum absolute atomic E-state index is 13.5. The number of benzene rings is 2. The second-order valence-corrected chi connectivity index (χ2v) is 9.30. The third-order valence-electron chi connectivity index (χ3n) is 7.21. The number of hydrogen-bond donors (Lipinski definition) is 1. The number of nitrogens with zero attached hydrogens (tertiary/aromatic N) is 3. The second kappa shape index (κ2) is 10.7. The molecule has 8 nitrogen and oxygen atoms in total. The molecular formula is C29H30N4O4. The Hall–Kier alpha value is -4.38. The molecule has 1 aliphatic rings. The molecule has 2 amide bonds. The lowest BCUT2D eigenvalue weighted by atomic mass is 9.72. The highest BCUT2D eigenvalue weighted by Gasteiger charge is 2.45. The molecule has 0 saturated carbocycles. The van der Waals surface area contributed by atoms with Gasteiger partial charge in [-0.1, -0.05) is 48.5 Å². The van der Waals surface area contributed by atoms with Crippen molar-refractivity contribution < 1.29 is 19.1 Å². The number of hydrogen-bond acceptors (Lipinski definition) is 5. The molecule has 0 atom stereocenters. The SMILES string of the molecule is CC(=O)N1CCC(C(=O)OCC(=O)Nc2c(C#N)c(C)c(C)n2-c2ccccc2)(c2ccccc2)CC1. The van der Waals surface area contributed by atoms with E-state index in [9.17, 15) is 19.6 Å². The number of nitrogens with one attached hydrogen (secondary N) is 1. The number of para-hydroxylation sites is 1. The van der Waals surface area contributed by atoms with Gasteiger partial charge in [0.25, 0.3) is 5.91 Å². The zero-order valence-corrected chi connectivity index (χ0v) is 21.3. The van der Waals surface area contributed by atoms with Crippen LogP contribution in [0.1, 0.15) is 42.1 Å². The van der Waals surface area contributed by atoms with Gasteiger partial charge in [0.15, 0.2) is 6.61 Å². The normalized spacial score (nSPS) is 14.5. The molecule has 190 valence electrons. The molecule has 0 aliphatic carbocycles. The number of aromatic nitrogens is 1. The molecule has 1 fully saturated rings. The zero-order chi connectivity index (χ0) is 26.6. The van der Waals surface area contributed by atoms with Crippen LogP contribution >= 0.6 is 0 Å². The van der Waals surface area contributed by atoms with Crippen LogP contribution in [0.2, 0.25) is 0 Å². The van der Waals surface area contributed by atoms with Crippen molar-refractivity contribution in [2.75, 3.05) is 25.0 Å². The standard InChI is InChI=1S/C29H30N4O4/c1-20-21(2)33(24-12-8-5-9-13-24)27(25(20)18-30)31-26(35)19-37-28(36)29(23-10-6-4-7-11-23)14-16-32(17-15-29)22(3)34/h4-13H,14-17,19H2,1-3H3,(H,31,35). The van der Waals surface area contributed by atoms with Crippen molar-refractivity contribution in [3.8, 4) is 11.8 Å². The smallest absolute Gasteiger partial charge is 0.317 e. The molecule has 3 aromatic rings. The molecule has 8 heteroatoms. The molecule has 1 aliphatic heterocycles. The van der Waals surface area contributed by atoms with Crippen molar-refractivity contribution in [3.05, 3.63) is 83.0 Å². The predicted octanol–water partition coefficient (Wildman–Crippen LogP) is 4.03. The number of carbonyl (C=O) groups is 3. The first kappa shape index (κ1) is 25.7. The van der Waals surface area contributed by atoms with E-state index in [1.165, 1.54) is 6.92 Å². The molecular weight excluding hydrogens is 468 g/mol. The minimum Gasteiger partial charge on any atom is -0.455 e. The van der Waals surface area contributed by atoms with Crippen LogP contribution in [0.15, 0.2) is 60.7 Å². The van der Waals surface area contributed by atoms with Crippen molar-refractivity contribution in [3.63, 3.8) is 0 Å². The number of nitriles is 1. The van der Waals surface area contributed by atoms with Crippen LogP contribution in [0.4, 0.5) is 5.82 Å². The fraction of sp³-hybridized carbons (Fsp3) is 0.310. The Morgan fingerprint density at radius 1 is 1.00 bits per heavy atom. The van der Waals surface area contributed by atoms with Crippen LogP contribution in [-0.2, 0) is 24.5 Å². The number of carbonyl (C=O) groups excluding carboxylic acids is 3. The van der Waals surface area contributed by atoms with Crippen molar-refractivity contribution in [2.45, 2.75) is 39.0 Å². The van der Waals surface area contributed by atoms with Crippen molar-refractivity contribution >= 4 is 23.6 Å². The van der Waals surface area contributed by atoms with Gasteiger partial charge >= 0.3 is 5.97 Å². The lowest BCUT2D eigenvalue weighted by Gasteiger charge is -2.40. The van der Waals surface area contributed by atoms with Crippen LogP contribution < -0.4 is 5.32 Å². The molecule has 37 heavy (non-hydrogen) atoms. The first-order valence-corrected chi connectivity index (χ1v) is 12.2. The lowest BCUT2D eigenvalue weighted by Crippen LogP contribution is -2.49. The Morgan fingerprint density at radius 2 is 1.59 bits per heavy atom. The minimum atomic E-state index is -0.942. The summed E-state index contributed by atoms with van der Waals surface area (Å²) in [4.78, 5) is 40.0. The molecule has 0 spiro atoms. The Bertz CT molecular complexity index is 1350. The highest BCUT2D eigenvalue weighted by molar-refractivity contribution is 5.95. The summed E-state index contributed by atoms with van der Waals surface area (Å²) in [7, 11) is 0. The van der Waals surface area contributed by atoms with Crippen LogP contribution in [0.3, 0.4) is 0 Å². The molecule has 2 heterocycles. The molecule has 2 aromatic carbocycles. The number of amides is 2. The first-order chi connectivity index (χ1) is 17.8. The van der Waals surface area contributed by atoms with Gasteiger partial charge in [-0.2, -0.15) is 5.26 Å². The van der Waals surface area contributed by atoms with Gasteiger partial charge in [-0.15, -0.1) is 0 Å². The molecule has 1 aromatic heterocycles. The van der Waals surface area contributed by atoms with Crippen LogP contribution in [0.25, 0.3) is 5.69 Å².